The third-order valence-corrected chi connectivity index (χ3v) is 4.39. The predicted molar refractivity (Wildman–Crippen MR) is 85.7 cm³/mol. The summed E-state index contributed by atoms with van der Waals surface area (Å²) in [4.78, 5) is 29.9. The maximum Gasteiger partial charge on any atom is 0.357 e. The van der Waals surface area contributed by atoms with E-state index >= 15 is 0 Å². The van der Waals surface area contributed by atoms with Gasteiger partial charge in [0.1, 0.15) is 0 Å². The van der Waals surface area contributed by atoms with E-state index in [0.717, 1.165) is 27.0 Å². The van der Waals surface area contributed by atoms with Gasteiger partial charge in [-0.2, -0.15) is 0 Å². The van der Waals surface area contributed by atoms with Crippen molar-refractivity contribution in [2.75, 3.05) is 21.2 Å². The molecule has 0 bridgehead atoms. The average Bonchev–Trinajstić information content (AvgIpc) is 2.46. The average molecular weight is 369 g/mol. The van der Waals surface area contributed by atoms with E-state index in [4.69, 9.17) is 4.74 Å². The van der Waals surface area contributed by atoms with Gasteiger partial charge in [0.25, 0.3) is 5.24 Å². The molecule has 2 rings (SSSR count). The van der Waals surface area contributed by atoms with Crippen molar-refractivity contribution in [1.82, 2.24) is 9.88 Å². The van der Waals surface area contributed by atoms with Crippen LogP contribution in [0.2, 0.25) is 0 Å². The lowest BCUT2D eigenvalue weighted by Crippen LogP contribution is -2.17. The highest BCUT2D eigenvalue weighted by Crippen LogP contribution is 2.33. The Balaban J connectivity index is 2.65. The summed E-state index contributed by atoms with van der Waals surface area (Å²) in [5, 5.41) is 1.44. The predicted octanol–water partition coefficient (Wildman–Crippen LogP) is 3.56. The molecule has 0 radical (unpaired) electrons. The topological polar surface area (TPSA) is 59.5 Å². The Morgan fingerprint density at radius 1 is 1.33 bits per heavy atom. The second kappa shape index (κ2) is 6.44. The number of hydrogen-bond acceptors (Lipinski definition) is 5. The van der Waals surface area contributed by atoms with E-state index in [0.29, 0.717) is 4.90 Å². The van der Waals surface area contributed by atoms with E-state index in [9.17, 15) is 9.59 Å². The van der Waals surface area contributed by atoms with Crippen LogP contribution in [-0.2, 0) is 4.74 Å². The smallest absolute Gasteiger partial charge is 0.357 e. The van der Waals surface area contributed by atoms with Gasteiger partial charge in [0.2, 0.25) is 0 Å². The number of methoxy groups -OCH3 is 1. The molecule has 110 valence electrons. The third-order valence-electron chi connectivity index (χ3n) is 2.74. The minimum absolute atomic E-state index is 0.146. The van der Waals surface area contributed by atoms with Crippen LogP contribution in [0.5, 0.6) is 0 Å². The molecule has 0 aliphatic carbocycles. The van der Waals surface area contributed by atoms with Crippen molar-refractivity contribution < 1.29 is 14.3 Å². The van der Waals surface area contributed by atoms with Gasteiger partial charge in [-0.25, -0.2) is 9.78 Å². The zero-order valence-electron chi connectivity index (χ0n) is 11.7. The Morgan fingerprint density at radius 3 is 2.67 bits per heavy atom. The molecule has 0 N–H and O–H groups in total. The fourth-order valence-electron chi connectivity index (χ4n) is 1.69. The number of carbonyl (C=O) groups is 2. The van der Waals surface area contributed by atoms with E-state index in [1.165, 1.54) is 12.0 Å². The molecule has 5 nitrogen and oxygen atoms in total. The molecule has 1 heterocycles. The number of thioether (sulfide) groups is 1. The summed E-state index contributed by atoms with van der Waals surface area (Å²) >= 11 is 4.36. The number of carbonyl (C=O) groups excluding carboxylic acids is 2. The van der Waals surface area contributed by atoms with Crippen LogP contribution in [-0.4, -0.2) is 42.3 Å². The summed E-state index contributed by atoms with van der Waals surface area (Å²) in [6.45, 7) is 0. The molecule has 0 aliphatic heterocycles. The first kappa shape index (κ1) is 15.8. The van der Waals surface area contributed by atoms with E-state index in [1.54, 1.807) is 20.3 Å². The zero-order chi connectivity index (χ0) is 15.6. The fraction of sp³-hybridized carbons (Fsp3) is 0.214. The molecule has 0 aliphatic rings. The van der Waals surface area contributed by atoms with E-state index in [1.807, 2.05) is 18.2 Å². The summed E-state index contributed by atoms with van der Waals surface area (Å²) in [5.41, 5.74) is 0.146. The van der Waals surface area contributed by atoms with Crippen molar-refractivity contribution >= 4 is 49.7 Å². The Morgan fingerprint density at radius 2 is 2.05 bits per heavy atom. The van der Waals surface area contributed by atoms with Gasteiger partial charge in [-0.1, -0.05) is 22.0 Å². The summed E-state index contributed by atoms with van der Waals surface area (Å²) in [6.07, 6.45) is 1.59. The number of benzene rings is 1. The summed E-state index contributed by atoms with van der Waals surface area (Å²) in [6, 6.07) is 5.58. The van der Waals surface area contributed by atoms with Crippen LogP contribution in [0.25, 0.3) is 10.8 Å². The Hall–Kier alpha value is -1.60. The number of fused-ring (bicyclic) bond motifs is 1. The molecule has 0 atom stereocenters. The molecule has 0 spiro atoms. The normalized spacial score (nSPS) is 10.5. The standard InChI is InChI=1S/C14H13BrN2O3S/c1-17(2)14(19)21-12-10-5-4-9(15)6-8(10)7-16-11(12)13(18)20-3/h4-7H,1-3H3. The second-order valence-electron chi connectivity index (χ2n) is 4.42. The Bertz CT molecular complexity index is 719. The lowest BCUT2D eigenvalue weighted by Gasteiger charge is -2.13. The van der Waals surface area contributed by atoms with Gasteiger partial charge >= 0.3 is 5.97 Å². The number of esters is 1. The Labute approximate surface area is 134 Å². The highest BCUT2D eigenvalue weighted by Gasteiger charge is 2.20. The van der Waals surface area contributed by atoms with Crippen molar-refractivity contribution in [3.8, 4) is 0 Å². The monoisotopic (exact) mass is 368 g/mol. The third kappa shape index (κ3) is 3.36. The van der Waals surface area contributed by atoms with Crippen LogP contribution in [0.1, 0.15) is 10.5 Å². The highest BCUT2D eigenvalue weighted by atomic mass is 79.9. The number of pyridine rings is 1. The van der Waals surface area contributed by atoms with E-state index in [-0.39, 0.29) is 10.9 Å². The number of rotatable bonds is 2. The number of hydrogen-bond donors (Lipinski definition) is 0. The van der Waals surface area contributed by atoms with Gasteiger partial charge in [0, 0.05) is 30.2 Å². The van der Waals surface area contributed by atoms with Crippen molar-refractivity contribution in [3.05, 3.63) is 34.6 Å². The molecular formula is C14H13BrN2O3S. The lowest BCUT2D eigenvalue weighted by atomic mass is 10.1. The van der Waals surface area contributed by atoms with E-state index in [2.05, 4.69) is 20.9 Å². The van der Waals surface area contributed by atoms with Crippen LogP contribution in [0.15, 0.2) is 33.8 Å². The Kier molecular flexibility index (Phi) is 4.84. The number of amides is 1. The van der Waals surface area contributed by atoms with Crippen molar-refractivity contribution in [3.63, 3.8) is 0 Å². The molecule has 0 saturated heterocycles. The molecule has 2 aromatic rings. The molecule has 0 unspecified atom stereocenters. The summed E-state index contributed by atoms with van der Waals surface area (Å²) in [7, 11) is 4.60. The second-order valence-corrected chi connectivity index (χ2v) is 6.30. The molecule has 7 heteroatoms. The largest absolute Gasteiger partial charge is 0.464 e. The van der Waals surface area contributed by atoms with Crippen LogP contribution in [0.4, 0.5) is 4.79 Å². The molecule has 21 heavy (non-hydrogen) atoms. The van der Waals surface area contributed by atoms with Gasteiger partial charge in [-0.3, -0.25) is 4.79 Å². The fourth-order valence-corrected chi connectivity index (χ4v) is 2.96. The van der Waals surface area contributed by atoms with Gasteiger partial charge in [-0.15, -0.1) is 0 Å². The van der Waals surface area contributed by atoms with Crippen LogP contribution < -0.4 is 0 Å². The maximum atomic E-state index is 12.0. The van der Waals surface area contributed by atoms with Crippen molar-refractivity contribution in [1.29, 1.82) is 0 Å². The molecule has 1 aromatic heterocycles. The minimum atomic E-state index is -0.561. The van der Waals surface area contributed by atoms with Gasteiger partial charge in [0.05, 0.1) is 12.0 Å². The van der Waals surface area contributed by atoms with Crippen LogP contribution in [0.3, 0.4) is 0 Å². The number of nitrogens with zero attached hydrogens (tertiary/aromatic N) is 2. The van der Waals surface area contributed by atoms with E-state index < -0.39 is 5.97 Å². The van der Waals surface area contributed by atoms with Crippen molar-refractivity contribution in [2.45, 2.75) is 4.90 Å². The highest BCUT2D eigenvalue weighted by molar-refractivity contribution is 9.10. The van der Waals surface area contributed by atoms with Gasteiger partial charge in [0.15, 0.2) is 5.69 Å². The first-order chi connectivity index (χ1) is 9.93. The summed E-state index contributed by atoms with van der Waals surface area (Å²) < 4.78 is 5.64. The molecule has 0 saturated carbocycles. The molecule has 1 amide bonds. The lowest BCUT2D eigenvalue weighted by molar-refractivity contribution is 0.0590. The molecular weight excluding hydrogens is 356 g/mol. The zero-order valence-corrected chi connectivity index (χ0v) is 14.1. The molecule has 1 aromatic carbocycles. The van der Waals surface area contributed by atoms with Gasteiger partial charge in [-0.05, 0) is 29.3 Å². The molecule has 0 fully saturated rings. The first-order valence-electron chi connectivity index (χ1n) is 5.99. The first-order valence-corrected chi connectivity index (χ1v) is 7.60. The summed E-state index contributed by atoms with van der Waals surface area (Å²) in [5.74, 6) is -0.561. The number of aromatic nitrogens is 1. The SMILES string of the molecule is COC(=O)c1ncc2cc(Br)ccc2c1SC(=O)N(C)C. The van der Waals surface area contributed by atoms with Crippen LogP contribution in [0, 0.1) is 0 Å². The number of halogens is 1. The quantitative estimate of drug-likeness (QED) is 0.599. The van der Waals surface area contributed by atoms with Gasteiger partial charge < -0.3 is 9.64 Å². The van der Waals surface area contributed by atoms with Crippen molar-refractivity contribution in [2.24, 2.45) is 0 Å². The van der Waals surface area contributed by atoms with Crippen LogP contribution >= 0.6 is 27.7 Å². The number of ether oxygens (including phenoxy) is 1. The maximum absolute atomic E-state index is 12.0. The minimum Gasteiger partial charge on any atom is -0.464 e.